The number of nitrogens with two attached hydrogens (primary N) is 1. The van der Waals surface area contributed by atoms with Gasteiger partial charge in [0.05, 0.1) is 6.04 Å². The van der Waals surface area contributed by atoms with Crippen molar-refractivity contribution in [2.24, 2.45) is 10.8 Å². The topological polar surface area (TPSA) is 61.5 Å². The summed E-state index contributed by atoms with van der Waals surface area (Å²) >= 11 is 0. The number of anilines is 3. The van der Waals surface area contributed by atoms with Gasteiger partial charge in [0.1, 0.15) is 12.0 Å². The van der Waals surface area contributed by atoms with Crippen molar-refractivity contribution < 1.29 is 0 Å². The standard InChI is InChI=1S/C31H40N6/c1-30(2)18-25-19-31(3,20-30)21-37(25)29-26(32)28(33-22-34-29)36-16-14-35(15-17-36)27(23-10-6-4-7-11-23)24-12-8-5-9-13-24/h4-13,22,25,27H,14-21,32H2,1-3H3. The third-order valence-electron chi connectivity index (χ3n) is 8.74. The molecule has 3 fully saturated rings. The summed E-state index contributed by atoms with van der Waals surface area (Å²) in [5, 5.41) is 0. The smallest absolute Gasteiger partial charge is 0.157 e. The van der Waals surface area contributed by atoms with Gasteiger partial charge in [0.25, 0.3) is 0 Å². The van der Waals surface area contributed by atoms with Crippen LogP contribution in [-0.4, -0.2) is 53.6 Å². The van der Waals surface area contributed by atoms with Crippen LogP contribution in [0.2, 0.25) is 0 Å². The fourth-order valence-electron chi connectivity index (χ4n) is 7.64. The molecule has 1 aliphatic carbocycles. The minimum absolute atomic E-state index is 0.246. The molecular formula is C31H40N6. The Morgan fingerprint density at radius 1 is 0.811 bits per heavy atom. The lowest BCUT2D eigenvalue weighted by Crippen LogP contribution is -2.48. The van der Waals surface area contributed by atoms with Gasteiger partial charge in [0.15, 0.2) is 11.6 Å². The van der Waals surface area contributed by atoms with Gasteiger partial charge in [0, 0.05) is 38.8 Å². The number of aromatic nitrogens is 2. The monoisotopic (exact) mass is 496 g/mol. The second-order valence-corrected chi connectivity index (χ2v) is 12.5. The quantitative estimate of drug-likeness (QED) is 0.512. The van der Waals surface area contributed by atoms with Crippen molar-refractivity contribution in [1.29, 1.82) is 0 Å². The molecule has 3 aliphatic rings. The maximum absolute atomic E-state index is 6.84. The van der Waals surface area contributed by atoms with Gasteiger partial charge in [-0.1, -0.05) is 81.4 Å². The molecule has 37 heavy (non-hydrogen) atoms. The molecule has 0 amide bonds. The van der Waals surface area contributed by atoms with Gasteiger partial charge in [-0.2, -0.15) is 0 Å². The van der Waals surface area contributed by atoms with Gasteiger partial charge in [0.2, 0.25) is 0 Å². The Balaban J connectivity index is 1.21. The molecule has 1 aromatic heterocycles. The molecule has 2 bridgehead atoms. The first-order chi connectivity index (χ1) is 17.8. The van der Waals surface area contributed by atoms with Crippen molar-refractivity contribution >= 4 is 17.3 Å². The molecule has 1 saturated carbocycles. The van der Waals surface area contributed by atoms with E-state index in [1.807, 2.05) is 0 Å². The van der Waals surface area contributed by atoms with E-state index < -0.39 is 0 Å². The van der Waals surface area contributed by atoms with E-state index in [2.05, 4.69) is 96.1 Å². The number of nitrogens with zero attached hydrogens (tertiary/aromatic N) is 5. The van der Waals surface area contributed by atoms with E-state index in [0.717, 1.165) is 50.0 Å². The normalized spacial score (nSPS) is 25.6. The zero-order valence-corrected chi connectivity index (χ0v) is 22.5. The largest absolute Gasteiger partial charge is 0.393 e. The van der Waals surface area contributed by atoms with E-state index >= 15 is 0 Å². The van der Waals surface area contributed by atoms with E-state index in [-0.39, 0.29) is 6.04 Å². The van der Waals surface area contributed by atoms with Crippen LogP contribution < -0.4 is 15.5 Å². The van der Waals surface area contributed by atoms with Crippen molar-refractivity contribution in [2.45, 2.75) is 52.1 Å². The van der Waals surface area contributed by atoms with Gasteiger partial charge in [-0.15, -0.1) is 0 Å². The lowest BCUT2D eigenvalue weighted by atomic mass is 9.65. The predicted molar refractivity (Wildman–Crippen MR) is 152 cm³/mol. The molecule has 2 atom stereocenters. The van der Waals surface area contributed by atoms with Gasteiger partial charge in [-0.05, 0) is 41.2 Å². The van der Waals surface area contributed by atoms with Gasteiger partial charge >= 0.3 is 0 Å². The number of hydrogen-bond donors (Lipinski definition) is 1. The van der Waals surface area contributed by atoms with Crippen LogP contribution in [0.3, 0.4) is 0 Å². The summed E-state index contributed by atoms with van der Waals surface area (Å²) in [6.07, 6.45) is 5.41. The summed E-state index contributed by atoms with van der Waals surface area (Å²) in [7, 11) is 0. The fraction of sp³-hybridized carbons (Fsp3) is 0.484. The van der Waals surface area contributed by atoms with Crippen LogP contribution in [0.25, 0.3) is 0 Å². The van der Waals surface area contributed by atoms with Crippen LogP contribution in [0.15, 0.2) is 67.0 Å². The van der Waals surface area contributed by atoms with Gasteiger partial charge in [-0.3, -0.25) is 4.90 Å². The summed E-state index contributed by atoms with van der Waals surface area (Å²) in [4.78, 5) is 16.9. The van der Waals surface area contributed by atoms with Crippen LogP contribution in [0, 0.1) is 10.8 Å². The molecule has 2 aliphatic heterocycles. The van der Waals surface area contributed by atoms with E-state index in [9.17, 15) is 0 Å². The Morgan fingerprint density at radius 3 is 2.03 bits per heavy atom. The molecule has 2 unspecified atom stereocenters. The summed E-state index contributed by atoms with van der Waals surface area (Å²) in [6.45, 7) is 12.0. The third kappa shape index (κ3) is 4.68. The van der Waals surface area contributed by atoms with Crippen LogP contribution in [0.4, 0.5) is 17.3 Å². The molecule has 0 radical (unpaired) electrons. The first-order valence-electron chi connectivity index (χ1n) is 13.8. The van der Waals surface area contributed by atoms with Crippen LogP contribution in [0.5, 0.6) is 0 Å². The third-order valence-corrected chi connectivity index (χ3v) is 8.74. The summed E-state index contributed by atoms with van der Waals surface area (Å²) in [5.74, 6) is 1.83. The maximum atomic E-state index is 6.84. The first kappa shape index (κ1) is 24.2. The van der Waals surface area contributed by atoms with E-state index in [1.165, 1.54) is 30.4 Å². The molecule has 6 nitrogen and oxygen atoms in total. The van der Waals surface area contributed by atoms with Crippen LogP contribution >= 0.6 is 0 Å². The molecule has 3 aromatic rings. The van der Waals surface area contributed by atoms with Crippen molar-refractivity contribution in [2.75, 3.05) is 48.3 Å². The van der Waals surface area contributed by atoms with Gasteiger partial charge < -0.3 is 15.5 Å². The Morgan fingerprint density at radius 2 is 1.41 bits per heavy atom. The van der Waals surface area contributed by atoms with Crippen LogP contribution in [-0.2, 0) is 0 Å². The molecule has 2 aromatic carbocycles. The van der Waals surface area contributed by atoms with Crippen molar-refractivity contribution in [3.8, 4) is 0 Å². The average Bonchev–Trinajstić information content (AvgIpc) is 3.14. The zero-order valence-electron chi connectivity index (χ0n) is 22.5. The molecule has 3 heterocycles. The number of rotatable bonds is 5. The molecule has 0 spiro atoms. The van der Waals surface area contributed by atoms with E-state index in [1.54, 1.807) is 6.33 Å². The lowest BCUT2D eigenvalue weighted by Gasteiger charge is -2.41. The highest BCUT2D eigenvalue weighted by Gasteiger charge is 2.50. The highest BCUT2D eigenvalue weighted by atomic mass is 15.3. The number of fused-ring (bicyclic) bond motifs is 2. The Labute approximate surface area is 221 Å². The molecule has 194 valence electrons. The first-order valence-corrected chi connectivity index (χ1v) is 13.8. The number of hydrogen-bond acceptors (Lipinski definition) is 6. The molecule has 2 saturated heterocycles. The van der Waals surface area contributed by atoms with Crippen molar-refractivity contribution in [3.63, 3.8) is 0 Å². The second kappa shape index (κ2) is 9.32. The van der Waals surface area contributed by atoms with E-state index in [0.29, 0.717) is 16.9 Å². The number of nitrogen functional groups attached to an aromatic ring is 1. The molecule has 6 heteroatoms. The minimum atomic E-state index is 0.246. The minimum Gasteiger partial charge on any atom is -0.393 e. The Kier molecular flexibility index (Phi) is 6.10. The SMILES string of the molecule is CC1(C)CC2CC(C)(CN2c2ncnc(N3CCN(C(c4ccccc4)c4ccccc4)CC3)c2N)C1. The highest BCUT2D eigenvalue weighted by molar-refractivity contribution is 5.76. The fourth-order valence-corrected chi connectivity index (χ4v) is 7.64. The predicted octanol–water partition coefficient (Wildman–Crippen LogP) is 5.38. The Hall–Kier alpha value is -3.12. The van der Waals surface area contributed by atoms with E-state index in [4.69, 9.17) is 15.7 Å². The average molecular weight is 497 g/mol. The summed E-state index contributed by atoms with van der Waals surface area (Å²) in [6, 6.07) is 22.5. The van der Waals surface area contributed by atoms with Crippen molar-refractivity contribution in [3.05, 3.63) is 78.1 Å². The zero-order chi connectivity index (χ0) is 25.6. The Bertz CT molecular complexity index is 1180. The van der Waals surface area contributed by atoms with Crippen molar-refractivity contribution in [1.82, 2.24) is 14.9 Å². The van der Waals surface area contributed by atoms with Gasteiger partial charge in [-0.25, -0.2) is 9.97 Å². The highest BCUT2D eigenvalue weighted by Crippen LogP contribution is 2.54. The second-order valence-electron chi connectivity index (χ2n) is 12.5. The number of piperazine rings is 1. The van der Waals surface area contributed by atoms with Crippen LogP contribution in [0.1, 0.15) is 57.2 Å². The molecule has 2 N–H and O–H groups in total. The molecule has 6 rings (SSSR count). The lowest BCUT2D eigenvalue weighted by molar-refractivity contribution is 0.136. The maximum Gasteiger partial charge on any atom is 0.157 e. The molecular weight excluding hydrogens is 456 g/mol. The number of benzene rings is 2. The summed E-state index contributed by atoms with van der Waals surface area (Å²) in [5.41, 5.74) is 11.0. The summed E-state index contributed by atoms with van der Waals surface area (Å²) < 4.78 is 0.